The summed E-state index contributed by atoms with van der Waals surface area (Å²) in [5.41, 5.74) is 0.911. The molecule has 0 unspecified atom stereocenters. The molecule has 11 heteroatoms. The second-order valence-corrected chi connectivity index (χ2v) is 9.69. The van der Waals surface area contributed by atoms with E-state index in [2.05, 4.69) is 10.1 Å². The van der Waals surface area contributed by atoms with Crippen LogP contribution in [0.5, 0.6) is 0 Å². The molecular weight excluding hydrogens is 392 g/mol. The minimum Gasteiger partial charge on any atom is -0.364 e. The fourth-order valence-corrected chi connectivity index (χ4v) is 5.34. The molecule has 152 valence electrons. The number of piperidine rings is 1. The first kappa shape index (κ1) is 18.2. The Morgan fingerprint density at radius 3 is 2.57 bits per heavy atom. The van der Waals surface area contributed by atoms with Gasteiger partial charge in [-0.25, -0.2) is 18.9 Å². The fraction of sp³-hybridized carbons (Fsp3) is 0.647. The number of hydrogen-bond acceptors (Lipinski definition) is 5. The summed E-state index contributed by atoms with van der Waals surface area (Å²) in [6.07, 6.45) is 5.46. The Morgan fingerprint density at radius 1 is 1.29 bits per heavy atom. The van der Waals surface area contributed by atoms with Crippen molar-refractivity contribution in [3.63, 3.8) is 0 Å². The number of imidazole rings is 1. The Morgan fingerprint density at radius 2 is 1.96 bits per heavy atom. The minimum atomic E-state index is -3.86. The molecule has 8 nitrogen and oxygen atoms in total. The molecular formula is C17H21F2N5O3S. The van der Waals surface area contributed by atoms with Gasteiger partial charge in [0.1, 0.15) is 12.1 Å². The highest BCUT2D eigenvalue weighted by atomic mass is 32.2. The molecule has 2 saturated carbocycles. The SMILES string of the molecule is Cn1cc(-c2conc2C2CC2)nc1[C@@H]1C(F)(F)C12CCN(S(N)(=O)=O)CC2. The van der Waals surface area contributed by atoms with Gasteiger partial charge in [0.25, 0.3) is 16.1 Å². The maximum atomic E-state index is 14.9. The van der Waals surface area contributed by atoms with Crippen LogP contribution >= 0.6 is 0 Å². The number of nitrogens with zero attached hydrogens (tertiary/aromatic N) is 4. The molecule has 3 aliphatic rings. The van der Waals surface area contributed by atoms with Gasteiger partial charge in [-0.1, -0.05) is 5.16 Å². The molecule has 3 heterocycles. The van der Waals surface area contributed by atoms with Crippen molar-refractivity contribution in [1.29, 1.82) is 0 Å². The van der Waals surface area contributed by atoms with Crippen molar-refractivity contribution in [1.82, 2.24) is 19.0 Å². The van der Waals surface area contributed by atoms with Crippen molar-refractivity contribution in [3.8, 4) is 11.3 Å². The number of aromatic nitrogens is 3. The molecule has 2 aromatic heterocycles. The first-order chi connectivity index (χ1) is 13.1. The third-order valence-corrected chi connectivity index (χ3v) is 7.56. The van der Waals surface area contributed by atoms with Crippen molar-refractivity contribution in [2.75, 3.05) is 13.1 Å². The first-order valence-electron chi connectivity index (χ1n) is 9.29. The number of aryl methyl sites for hydroxylation is 1. The van der Waals surface area contributed by atoms with Crippen molar-refractivity contribution >= 4 is 10.2 Å². The highest BCUT2D eigenvalue weighted by Gasteiger charge is 2.81. The van der Waals surface area contributed by atoms with E-state index >= 15 is 0 Å². The summed E-state index contributed by atoms with van der Waals surface area (Å²) >= 11 is 0. The zero-order valence-corrected chi connectivity index (χ0v) is 16.1. The number of nitrogens with two attached hydrogens (primary N) is 1. The quantitative estimate of drug-likeness (QED) is 0.825. The molecule has 0 aromatic carbocycles. The van der Waals surface area contributed by atoms with Crippen LogP contribution in [0.15, 0.2) is 17.0 Å². The summed E-state index contributed by atoms with van der Waals surface area (Å²) in [5, 5.41) is 9.19. The molecule has 1 saturated heterocycles. The summed E-state index contributed by atoms with van der Waals surface area (Å²) in [7, 11) is -2.15. The zero-order valence-electron chi connectivity index (χ0n) is 15.3. The molecule has 3 fully saturated rings. The standard InChI is InChI=1S/C17H21F2N5O3S/c1-23-8-12(11-9-27-22-13(11)10-2-3-10)21-15(23)14-16(17(14,18)19)4-6-24(7-5-16)28(20,25)26/h8-10,14H,2-7H2,1H3,(H2,20,25,26)/t14-/m0/s1. The van der Waals surface area contributed by atoms with E-state index in [0.29, 0.717) is 17.4 Å². The molecule has 2 aliphatic carbocycles. The lowest BCUT2D eigenvalue weighted by atomic mass is 9.91. The molecule has 1 spiro atoms. The average Bonchev–Trinajstić information content (AvgIpc) is 3.38. The summed E-state index contributed by atoms with van der Waals surface area (Å²) in [6, 6.07) is 0. The number of rotatable bonds is 4. The summed E-state index contributed by atoms with van der Waals surface area (Å²) in [5.74, 6) is -3.30. The summed E-state index contributed by atoms with van der Waals surface area (Å²) in [4.78, 5) is 4.52. The monoisotopic (exact) mass is 413 g/mol. The van der Waals surface area contributed by atoms with Crippen molar-refractivity contribution in [3.05, 3.63) is 24.0 Å². The van der Waals surface area contributed by atoms with Gasteiger partial charge in [-0.2, -0.15) is 12.7 Å². The van der Waals surface area contributed by atoms with Gasteiger partial charge in [0, 0.05) is 32.3 Å². The van der Waals surface area contributed by atoms with E-state index in [4.69, 9.17) is 9.66 Å². The van der Waals surface area contributed by atoms with E-state index in [-0.39, 0.29) is 25.9 Å². The van der Waals surface area contributed by atoms with Crippen molar-refractivity contribution < 1.29 is 21.7 Å². The van der Waals surface area contributed by atoms with Crippen molar-refractivity contribution in [2.45, 2.75) is 43.4 Å². The highest BCUT2D eigenvalue weighted by Crippen LogP contribution is 2.75. The van der Waals surface area contributed by atoms with E-state index in [0.717, 1.165) is 28.4 Å². The molecule has 28 heavy (non-hydrogen) atoms. The number of halogens is 2. The van der Waals surface area contributed by atoms with E-state index in [9.17, 15) is 17.2 Å². The molecule has 2 aromatic rings. The Bertz CT molecular complexity index is 1040. The van der Waals surface area contributed by atoms with E-state index < -0.39 is 27.5 Å². The van der Waals surface area contributed by atoms with Crippen LogP contribution in [0.1, 0.15) is 49.0 Å². The summed E-state index contributed by atoms with van der Waals surface area (Å²) in [6.45, 7) is -0.000631. The van der Waals surface area contributed by atoms with Gasteiger partial charge in [-0.15, -0.1) is 0 Å². The van der Waals surface area contributed by atoms with Crippen LogP contribution in [-0.4, -0.2) is 46.4 Å². The predicted molar refractivity (Wildman–Crippen MR) is 94.7 cm³/mol. The van der Waals surface area contributed by atoms with E-state index in [1.807, 2.05) is 0 Å². The zero-order chi connectivity index (χ0) is 19.9. The maximum absolute atomic E-state index is 14.9. The fourth-order valence-electron chi connectivity index (χ4n) is 4.65. The van der Waals surface area contributed by atoms with Crippen molar-refractivity contribution in [2.24, 2.45) is 17.6 Å². The second kappa shape index (κ2) is 5.61. The normalized spacial score (nSPS) is 26.6. The van der Waals surface area contributed by atoms with Crippen LogP contribution in [0.4, 0.5) is 8.78 Å². The largest absolute Gasteiger partial charge is 0.364 e. The van der Waals surface area contributed by atoms with Gasteiger partial charge in [0.2, 0.25) is 0 Å². The third kappa shape index (κ3) is 2.49. The summed E-state index contributed by atoms with van der Waals surface area (Å²) < 4.78 is 60.6. The Hall–Kier alpha value is -1.85. The average molecular weight is 413 g/mol. The third-order valence-electron chi connectivity index (χ3n) is 6.48. The molecule has 0 bridgehead atoms. The van der Waals surface area contributed by atoms with Gasteiger partial charge in [-0.3, -0.25) is 0 Å². The Kier molecular flexibility index (Phi) is 3.64. The molecule has 1 atom stereocenters. The van der Waals surface area contributed by atoms with Gasteiger partial charge in [-0.05, 0) is 25.7 Å². The van der Waals surface area contributed by atoms with Gasteiger partial charge >= 0.3 is 0 Å². The first-order valence-corrected chi connectivity index (χ1v) is 10.8. The number of hydrogen-bond donors (Lipinski definition) is 1. The van der Waals surface area contributed by atoms with Crippen LogP contribution in [0.25, 0.3) is 11.3 Å². The Balaban J connectivity index is 1.44. The topological polar surface area (TPSA) is 107 Å². The Labute approximate surface area is 160 Å². The van der Waals surface area contributed by atoms with Gasteiger partial charge in [0.05, 0.1) is 28.3 Å². The second-order valence-electron chi connectivity index (χ2n) is 8.14. The van der Waals surface area contributed by atoms with Crippen LogP contribution < -0.4 is 5.14 Å². The highest BCUT2D eigenvalue weighted by molar-refractivity contribution is 7.86. The molecule has 0 amide bonds. The maximum Gasteiger partial charge on any atom is 0.276 e. The molecule has 0 radical (unpaired) electrons. The molecule has 1 aliphatic heterocycles. The molecule has 5 rings (SSSR count). The van der Waals surface area contributed by atoms with Crippen LogP contribution in [-0.2, 0) is 17.3 Å². The smallest absolute Gasteiger partial charge is 0.276 e. The van der Waals surface area contributed by atoms with E-state index in [1.54, 1.807) is 17.8 Å². The van der Waals surface area contributed by atoms with Gasteiger partial charge < -0.3 is 9.09 Å². The predicted octanol–water partition coefficient (Wildman–Crippen LogP) is 1.97. The number of alkyl halides is 2. The van der Waals surface area contributed by atoms with Gasteiger partial charge in [0.15, 0.2) is 0 Å². The van der Waals surface area contributed by atoms with Crippen LogP contribution in [0.3, 0.4) is 0 Å². The lowest BCUT2D eigenvalue weighted by Gasteiger charge is -2.30. The lowest BCUT2D eigenvalue weighted by Crippen LogP contribution is -2.43. The van der Waals surface area contributed by atoms with Crippen LogP contribution in [0, 0.1) is 5.41 Å². The van der Waals surface area contributed by atoms with E-state index in [1.165, 1.54) is 6.26 Å². The molecule has 2 N–H and O–H groups in total. The minimum absolute atomic E-state index is 0.000315. The lowest BCUT2D eigenvalue weighted by molar-refractivity contribution is 0.0411. The van der Waals surface area contributed by atoms with Crippen LogP contribution in [0.2, 0.25) is 0 Å².